The van der Waals surface area contributed by atoms with Gasteiger partial charge in [-0.2, -0.15) is 0 Å². The highest BCUT2D eigenvalue weighted by Gasteiger charge is 2.23. The van der Waals surface area contributed by atoms with Crippen molar-refractivity contribution in [1.82, 2.24) is 9.13 Å². The highest BCUT2D eigenvalue weighted by atomic mass is 16.6. The molecule has 0 N–H and O–H groups in total. The zero-order chi connectivity index (χ0) is 9.26. The maximum Gasteiger partial charge on any atom is 0.328 e. The van der Waals surface area contributed by atoms with E-state index in [1.54, 1.807) is 9.13 Å². The van der Waals surface area contributed by atoms with Crippen LogP contribution in [0.4, 0.5) is 0 Å². The van der Waals surface area contributed by atoms with Crippen LogP contribution in [0, 0.1) is 0 Å². The summed E-state index contributed by atoms with van der Waals surface area (Å²) < 4.78 is 8.52. The summed E-state index contributed by atoms with van der Waals surface area (Å²) in [5.41, 5.74) is 0.0809. The molecule has 13 heavy (non-hydrogen) atoms. The average molecular weight is 182 g/mol. The van der Waals surface area contributed by atoms with E-state index in [2.05, 4.69) is 6.92 Å². The van der Waals surface area contributed by atoms with E-state index >= 15 is 0 Å². The molecular weight excluding hydrogens is 168 g/mol. The van der Waals surface area contributed by atoms with Crippen molar-refractivity contribution in [3.8, 4) is 0 Å². The lowest BCUT2D eigenvalue weighted by molar-refractivity contribution is 0.379. The zero-order valence-corrected chi connectivity index (χ0v) is 7.77. The predicted octanol–water partition coefficient (Wildman–Crippen LogP) is 0.459. The fraction of sp³-hybridized carbons (Fsp3) is 0.667. The maximum absolute atomic E-state index is 11.6. The maximum atomic E-state index is 11.6. The Morgan fingerprint density at radius 2 is 2.23 bits per heavy atom. The number of hydrogen-bond acceptors (Lipinski definition) is 2. The number of epoxide rings is 1. The summed E-state index contributed by atoms with van der Waals surface area (Å²) in [6.07, 6.45) is 4.94. The number of ether oxygens (including phenoxy) is 1. The van der Waals surface area contributed by atoms with Crippen LogP contribution >= 0.6 is 0 Å². The van der Waals surface area contributed by atoms with Gasteiger partial charge >= 0.3 is 5.69 Å². The van der Waals surface area contributed by atoms with Crippen LogP contribution in [-0.2, 0) is 17.8 Å². The number of aryl methyl sites for hydroxylation is 1. The largest absolute Gasteiger partial charge is 0.371 e. The lowest BCUT2D eigenvalue weighted by Gasteiger charge is -1.97. The van der Waals surface area contributed by atoms with Gasteiger partial charge in [0.05, 0.1) is 19.3 Å². The van der Waals surface area contributed by atoms with Gasteiger partial charge in [-0.3, -0.25) is 9.13 Å². The van der Waals surface area contributed by atoms with Gasteiger partial charge in [0.2, 0.25) is 0 Å². The summed E-state index contributed by atoms with van der Waals surface area (Å²) in [5, 5.41) is 0. The van der Waals surface area contributed by atoms with E-state index < -0.39 is 0 Å². The molecule has 1 saturated heterocycles. The highest BCUT2D eigenvalue weighted by molar-refractivity contribution is 4.84. The molecule has 0 aliphatic carbocycles. The van der Waals surface area contributed by atoms with Gasteiger partial charge in [0, 0.05) is 18.9 Å². The van der Waals surface area contributed by atoms with Gasteiger partial charge < -0.3 is 4.74 Å². The SMILES string of the molecule is CCCn1ccn(CC2CO2)c1=O. The second-order valence-electron chi connectivity index (χ2n) is 3.38. The van der Waals surface area contributed by atoms with Crippen LogP contribution in [0.25, 0.3) is 0 Å². The minimum Gasteiger partial charge on any atom is -0.371 e. The van der Waals surface area contributed by atoms with E-state index in [1.165, 1.54) is 0 Å². The summed E-state index contributed by atoms with van der Waals surface area (Å²) >= 11 is 0. The Kier molecular flexibility index (Phi) is 2.22. The van der Waals surface area contributed by atoms with Crippen LogP contribution in [0.5, 0.6) is 0 Å². The van der Waals surface area contributed by atoms with Crippen molar-refractivity contribution in [2.45, 2.75) is 32.5 Å². The molecule has 0 saturated carbocycles. The van der Waals surface area contributed by atoms with E-state index in [0.717, 1.165) is 19.6 Å². The van der Waals surface area contributed by atoms with Crippen molar-refractivity contribution in [3.05, 3.63) is 22.9 Å². The molecule has 1 aromatic heterocycles. The van der Waals surface area contributed by atoms with Crippen LogP contribution in [0.3, 0.4) is 0 Å². The van der Waals surface area contributed by atoms with Crippen molar-refractivity contribution in [1.29, 1.82) is 0 Å². The fourth-order valence-electron chi connectivity index (χ4n) is 1.40. The molecule has 1 aliphatic heterocycles. The molecule has 1 aromatic rings. The average Bonchev–Trinajstić information content (AvgIpc) is 2.86. The van der Waals surface area contributed by atoms with E-state index in [-0.39, 0.29) is 11.8 Å². The summed E-state index contributed by atoms with van der Waals surface area (Å²) in [6.45, 7) is 4.37. The Bertz CT molecular complexity index is 336. The molecule has 0 amide bonds. The zero-order valence-electron chi connectivity index (χ0n) is 7.77. The number of nitrogens with zero attached hydrogens (tertiary/aromatic N) is 2. The normalized spacial score (nSPS) is 20.5. The van der Waals surface area contributed by atoms with Crippen LogP contribution in [-0.4, -0.2) is 21.8 Å². The third kappa shape index (κ3) is 1.83. The van der Waals surface area contributed by atoms with Crippen LogP contribution in [0.1, 0.15) is 13.3 Å². The Balaban J connectivity index is 2.12. The van der Waals surface area contributed by atoms with Gasteiger partial charge in [0.15, 0.2) is 0 Å². The lowest BCUT2D eigenvalue weighted by atomic mass is 10.5. The monoisotopic (exact) mass is 182 g/mol. The van der Waals surface area contributed by atoms with Crippen molar-refractivity contribution < 1.29 is 4.74 Å². The molecule has 2 rings (SSSR count). The van der Waals surface area contributed by atoms with Crippen molar-refractivity contribution >= 4 is 0 Å². The van der Waals surface area contributed by atoms with Gasteiger partial charge in [-0.15, -0.1) is 0 Å². The van der Waals surface area contributed by atoms with Gasteiger partial charge in [-0.25, -0.2) is 4.79 Å². The predicted molar refractivity (Wildman–Crippen MR) is 48.7 cm³/mol. The Labute approximate surface area is 76.7 Å². The molecule has 0 spiro atoms. The van der Waals surface area contributed by atoms with E-state index in [1.807, 2.05) is 12.4 Å². The first kappa shape index (κ1) is 8.56. The molecule has 0 bridgehead atoms. The number of aromatic nitrogens is 2. The van der Waals surface area contributed by atoms with Crippen molar-refractivity contribution in [3.63, 3.8) is 0 Å². The summed E-state index contributed by atoms with van der Waals surface area (Å²) in [5.74, 6) is 0. The summed E-state index contributed by atoms with van der Waals surface area (Å²) in [6, 6.07) is 0. The molecule has 1 unspecified atom stereocenters. The van der Waals surface area contributed by atoms with Crippen molar-refractivity contribution in [2.75, 3.05) is 6.61 Å². The first-order valence-corrected chi connectivity index (χ1v) is 4.68. The Morgan fingerprint density at radius 1 is 1.54 bits per heavy atom. The quantitative estimate of drug-likeness (QED) is 0.634. The minimum atomic E-state index is 0.0809. The van der Waals surface area contributed by atoms with E-state index in [4.69, 9.17) is 4.74 Å². The van der Waals surface area contributed by atoms with Crippen LogP contribution < -0.4 is 5.69 Å². The summed E-state index contributed by atoms with van der Waals surface area (Å²) in [4.78, 5) is 11.6. The van der Waals surface area contributed by atoms with Crippen LogP contribution in [0.2, 0.25) is 0 Å². The Morgan fingerprint density at radius 3 is 2.85 bits per heavy atom. The summed E-state index contributed by atoms with van der Waals surface area (Å²) in [7, 11) is 0. The molecule has 1 atom stereocenters. The minimum absolute atomic E-state index is 0.0809. The first-order chi connectivity index (χ1) is 6.31. The topological polar surface area (TPSA) is 39.5 Å². The molecule has 1 aliphatic rings. The third-order valence-corrected chi connectivity index (χ3v) is 2.19. The molecule has 72 valence electrons. The number of rotatable bonds is 4. The van der Waals surface area contributed by atoms with Gasteiger partial charge in [-0.1, -0.05) is 6.92 Å². The molecule has 2 heterocycles. The second-order valence-corrected chi connectivity index (χ2v) is 3.38. The molecular formula is C9H14N2O2. The molecule has 1 fully saturated rings. The molecule has 4 nitrogen and oxygen atoms in total. The number of imidazole rings is 1. The van der Waals surface area contributed by atoms with Crippen molar-refractivity contribution in [2.24, 2.45) is 0 Å². The van der Waals surface area contributed by atoms with Gasteiger partial charge in [0.1, 0.15) is 0 Å². The smallest absolute Gasteiger partial charge is 0.328 e. The molecule has 0 aromatic carbocycles. The molecule has 0 radical (unpaired) electrons. The van der Waals surface area contributed by atoms with Gasteiger partial charge in [0.25, 0.3) is 0 Å². The first-order valence-electron chi connectivity index (χ1n) is 4.68. The van der Waals surface area contributed by atoms with E-state index in [9.17, 15) is 4.79 Å². The van der Waals surface area contributed by atoms with Crippen LogP contribution in [0.15, 0.2) is 17.2 Å². The van der Waals surface area contributed by atoms with E-state index in [0.29, 0.717) is 6.54 Å². The Hall–Kier alpha value is -1.03. The standard InChI is InChI=1S/C9H14N2O2/c1-2-3-10-4-5-11(9(10)12)6-8-7-13-8/h4-5,8H,2-3,6-7H2,1H3. The van der Waals surface area contributed by atoms with Gasteiger partial charge in [-0.05, 0) is 6.42 Å². The third-order valence-electron chi connectivity index (χ3n) is 2.19. The second kappa shape index (κ2) is 3.38. The number of hydrogen-bond donors (Lipinski definition) is 0. The lowest BCUT2D eigenvalue weighted by Crippen LogP contribution is -2.25. The highest BCUT2D eigenvalue weighted by Crippen LogP contribution is 2.10. The molecule has 4 heteroatoms. The fourth-order valence-corrected chi connectivity index (χ4v) is 1.40.